The molecule has 0 spiro atoms. The third-order valence-corrected chi connectivity index (χ3v) is 7.56. The molecule has 0 aliphatic carbocycles. The fourth-order valence-electron chi connectivity index (χ4n) is 4.92. The van der Waals surface area contributed by atoms with Gasteiger partial charge in [0, 0.05) is 6.07 Å². The van der Waals surface area contributed by atoms with Gasteiger partial charge in [-0.15, -0.1) is 30.0 Å². The first-order chi connectivity index (χ1) is 21.7. The lowest BCUT2D eigenvalue weighted by atomic mass is 9.87. The van der Waals surface area contributed by atoms with E-state index < -0.39 is 0 Å². The molecule has 0 bridgehead atoms. The van der Waals surface area contributed by atoms with Gasteiger partial charge in [-0.05, 0) is 65.9 Å². The van der Waals surface area contributed by atoms with Crippen molar-refractivity contribution in [1.82, 2.24) is 30.0 Å². The Hall–Kier alpha value is -4.92. The maximum absolute atomic E-state index is 10.3. The standard InChI is InChI=1S/C20H25N3O2.C16H17N3O/c1-2-3-4-5-6-9-14-25-16-12-13-19(20(24)15-16)23-21-17-10-7-8-11-18(17)22-23;1-16(2,3)11-8-9-15(20)14(10-11)19-17-12-6-4-5-7-13(12)18-19/h7-8,10-13,15,24H,2-6,9,14H2,1H3;4-10,20H,1-3H3. The Balaban J connectivity index is 0.000000182. The van der Waals surface area contributed by atoms with Crippen LogP contribution in [0.5, 0.6) is 17.2 Å². The lowest BCUT2D eigenvalue weighted by Gasteiger charge is -2.19. The second kappa shape index (κ2) is 14.2. The van der Waals surface area contributed by atoms with E-state index in [-0.39, 0.29) is 16.9 Å². The lowest BCUT2D eigenvalue weighted by molar-refractivity contribution is 0.302. The summed E-state index contributed by atoms with van der Waals surface area (Å²) in [6.45, 7) is 9.30. The maximum Gasteiger partial charge on any atom is 0.146 e. The number of benzene rings is 4. The van der Waals surface area contributed by atoms with Gasteiger partial charge in [0.15, 0.2) is 0 Å². The van der Waals surface area contributed by atoms with Gasteiger partial charge < -0.3 is 14.9 Å². The van der Waals surface area contributed by atoms with Crippen LogP contribution in [0.25, 0.3) is 33.4 Å². The zero-order chi connectivity index (χ0) is 31.8. The van der Waals surface area contributed by atoms with Gasteiger partial charge in [0.2, 0.25) is 0 Å². The van der Waals surface area contributed by atoms with Crippen molar-refractivity contribution in [3.05, 3.63) is 90.5 Å². The van der Waals surface area contributed by atoms with E-state index in [1.54, 1.807) is 18.2 Å². The first kappa shape index (κ1) is 31.5. The van der Waals surface area contributed by atoms with Crippen LogP contribution in [-0.2, 0) is 5.41 Å². The molecule has 45 heavy (non-hydrogen) atoms. The molecule has 2 N–H and O–H groups in total. The Bertz CT molecular complexity index is 1790. The summed E-state index contributed by atoms with van der Waals surface area (Å²) >= 11 is 0. The predicted molar refractivity (Wildman–Crippen MR) is 179 cm³/mol. The van der Waals surface area contributed by atoms with Crippen LogP contribution in [0, 0.1) is 0 Å². The molecule has 0 saturated carbocycles. The average molecular weight is 607 g/mol. The molecule has 0 aliphatic rings. The molecule has 2 aromatic heterocycles. The van der Waals surface area contributed by atoms with Crippen LogP contribution in [0.2, 0.25) is 0 Å². The zero-order valence-electron chi connectivity index (χ0n) is 26.5. The number of hydrogen-bond donors (Lipinski definition) is 2. The zero-order valence-corrected chi connectivity index (χ0v) is 26.5. The molecule has 6 aromatic rings. The molecule has 9 heteroatoms. The number of unbranched alkanes of at least 4 members (excludes halogenated alkanes) is 5. The summed E-state index contributed by atoms with van der Waals surface area (Å²) in [5, 5.41) is 38.0. The third-order valence-electron chi connectivity index (χ3n) is 7.56. The SMILES string of the molecule is CC(C)(C)c1ccc(O)c(-n2nc3ccccc3n2)c1.CCCCCCCCOc1ccc(-n2nc3ccccc3n2)c(O)c1. The first-order valence-electron chi connectivity index (χ1n) is 15.7. The maximum atomic E-state index is 10.3. The molecular formula is C36H42N6O3. The topological polar surface area (TPSA) is 111 Å². The van der Waals surface area contributed by atoms with Crippen LogP contribution < -0.4 is 4.74 Å². The van der Waals surface area contributed by atoms with Crippen molar-refractivity contribution in [3.8, 4) is 28.6 Å². The van der Waals surface area contributed by atoms with Gasteiger partial charge in [0.1, 0.15) is 50.7 Å². The van der Waals surface area contributed by atoms with E-state index in [0.717, 1.165) is 34.1 Å². The van der Waals surface area contributed by atoms with Crippen molar-refractivity contribution in [2.24, 2.45) is 0 Å². The molecular weight excluding hydrogens is 564 g/mol. The molecule has 0 saturated heterocycles. The van der Waals surface area contributed by atoms with Crippen LogP contribution >= 0.6 is 0 Å². The van der Waals surface area contributed by atoms with Gasteiger partial charge in [0.05, 0.1) is 6.61 Å². The van der Waals surface area contributed by atoms with Crippen molar-refractivity contribution in [3.63, 3.8) is 0 Å². The van der Waals surface area contributed by atoms with Crippen LogP contribution in [0.3, 0.4) is 0 Å². The van der Waals surface area contributed by atoms with Gasteiger partial charge in [-0.2, -0.15) is 0 Å². The van der Waals surface area contributed by atoms with E-state index >= 15 is 0 Å². The molecule has 0 amide bonds. The van der Waals surface area contributed by atoms with E-state index in [0.29, 0.717) is 23.7 Å². The highest BCUT2D eigenvalue weighted by Crippen LogP contribution is 2.30. The van der Waals surface area contributed by atoms with E-state index in [1.807, 2.05) is 66.7 Å². The van der Waals surface area contributed by atoms with E-state index in [2.05, 4.69) is 48.1 Å². The van der Waals surface area contributed by atoms with E-state index in [9.17, 15) is 10.2 Å². The monoisotopic (exact) mass is 606 g/mol. The molecule has 0 aliphatic heterocycles. The molecule has 2 heterocycles. The van der Waals surface area contributed by atoms with E-state index in [1.165, 1.54) is 41.7 Å². The predicted octanol–water partition coefficient (Wildman–Crippen LogP) is 8.29. The minimum Gasteiger partial charge on any atom is -0.506 e. The molecule has 0 radical (unpaired) electrons. The summed E-state index contributed by atoms with van der Waals surface area (Å²) in [6, 6.07) is 26.1. The normalized spacial score (nSPS) is 11.5. The molecule has 6 rings (SSSR count). The second-order valence-electron chi connectivity index (χ2n) is 12.2. The number of rotatable bonds is 10. The number of nitrogens with zero attached hydrogens (tertiary/aromatic N) is 6. The number of aromatic hydroxyl groups is 2. The van der Waals surface area contributed by atoms with Gasteiger partial charge in [-0.25, -0.2) is 0 Å². The Morgan fingerprint density at radius 1 is 0.600 bits per heavy atom. The highest BCUT2D eigenvalue weighted by atomic mass is 16.5. The number of phenolic OH excluding ortho intramolecular Hbond substituents is 2. The highest BCUT2D eigenvalue weighted by Gasteiger charge is 2.17. The minimum atomic E-state index is 0.00895. The number of aromatic nitrogens is 6. The van der Waals surface area contributed by atoms with Crippen molar-refractivity contribution in [1.29, 1.82) is 0 Å². The Morgan fingerprint density at radius 2 is 1.13 bits per heavy atom. The molecule has 9 nitrogen and oxygen atoms in total. The molecule has 4 aromatic carbocycles. The summed E-state index contributed by atoms with van der Waals surface area (Å²) in [4.78, 5) is 2.95. The van der Waals surface area contributed by atoms with Crippen LogP contribution in [0.4, 0.5) is 0 Å². The van der Waals surface area contributed by atoms with Crippen molar-refractivity contribution < 1.29 is 14.9 Å². The number of ether oxygens (including phenoxy) is 1. The van der Waals surface area contributed by atoms with Crippen molar-refractivity contribution >= 4 is 22.1 Å². The highest BCUT2D eigenvalue weighted by molar-refractivity contribution is 5.74. The van der Waals surface area contributed by atoms with E-state index in [4.69, 9.17) is 4.74 Å². The van der Waals surface area contributed by atoms with Gasteiger partial charge in [-0.1, -0.05) is 90.1 Å². The summed E-state index contributed by atoms with van der Waals surface area (Å²) in [7, 11) is 0. The quantitative estimate of drug-likeness (QED) is 0.151. The second-order valence-corrected chi connectivity index (χ2v) is 12.2. The minimum absolute atomic E-state index is 0.00895. The Kier molecular flexibility index (Phi) is 9.97. The average Bonchev–Trinajstić information content (AvgIpc) is 3.65. The molecule has 0 unspecified atom stereocenters. The molecule has 234 valence electrons. The smallest absolute Gasteiger partial charge is 0.146 e. The van der Waals surface area contributed by atoms with Crippen LogP contribution in [-0.4, -0.2) is 46.8 Å². The summed E-state index contributed by atoms with van der Waals surface area (Å²) in [5.41, 5.74) is 5.51. The summed E-state index contributed by atoms with van der Waals surface area (Å²) in [6.07, 6.45) is 7.37. The first-order valence-corrected chi connectivity index (χ1v) is 15.7. The number of fused-ring (bicyclic) bond motifs is 2. The van der Waals surface area contributed by atoms with Crippen molar-refractivity contribution in [2.45, 2.75) is 71.6 Å². The fourth-order valence-corrected chi connectivity index (χ4v) is 4.92. The van der Waals surface area contributed by atoms with Crippen LogP contribution in [0.1, 0.15) is 71.8 Å². The van der Waals surface area contributed by atoms with Gasteiger partial charge in [-0.3, -0.25) is 0 Å². The lowest BCUT2D eigenvalue weighted by Crippen LogP contribution is -2.12. The third kappa shape index (κ3) is 7.98. The van der Waals surface area contributed by atoms with Crippen LogP contribution in [0.15, 0.2) is 84.9 Å². The Labute approximate surface area is 264 Å². The number of hydrogen-bond acceptors (Lipinski definition) is 7. The van der Waals surface area contributed by atoms with Gasteiger partial charge in [0.25, 0.3) is 0 Å². The number of phenols is 2. The fraction of sp³-hybridized carbons (Fsp3) is 0.333. The van der Waals surface area contributed by atoms with Gasteiger partial charge >= 0.3 is 0 Å². The molecule has 0 fully saturated rings. The summed E-state index contributed by atoms with van der Waals surface area (Å²) in [5.74, 6) is 0.963. The van der Waals surface area contributed by atoms with Crippen molar-refractivity contribution in [2.75, 3.05) is 6.61 Å². The largest absolute Gasteiger partial charge is 0.506 e. The molecule has 0 atom stereocenters. The Morgan fingerprint density at radius 3 is 1.67 bits per heavy atom. The summed E-state index contributed by atoms with van der Waals surface area (Å²) < 4.78 is 5.73.